The van der Waals surface area contributed by atoms with Gasteiger partial charge in [-0.15, -0.1) is 0 Å². The van der Waals surface area contributed by atoms with E-state index in [2.05, 4.69) is 17.0 Å². The van der Waals surface area contributed by atoms with Crippen molar-refractivity contribution in [3.63, 3.8) is 0 Å². The lowest BCUT2D eigenvalue weighted by Gasteiger charge is -2.13. The number of carboxylic acids is 1. The third-order valence-corrected chi connectivity index (χ3v) is 4.84. The third-order valence-electron chi connectivity index (χ3n) is 4.84. The fourth-order valence-corrected chi connectivity index (χ4v) is 3.45. The van der Waals surface area contributed by atoms with Gasteiger partial charge < -0.3 is 20.1 Å². The molecule has 1 aromatic carbocycles. The van der Waals surface area contributed by atoms with Gasteiger partial charge in [0.05, 0.1) is 6.61 Å². The largest absolute Gasteiger partial charge is 0.480 e. The summed E-state index contributed by atoms with van der Waals surface area (Å²) in [6.07, 6.45) is 0. The standard InChI is InChI=1S/C17H23N3O3/c1-10-15(16(18)17(21)22)13-6-11-8-20(4-5-23-3)9-12(11)7-14(13)19(10)2/h6-7,16H,4-5,8-9,18H2,1-3H3,(H,21,22). The van der Waals surface area contributed by atoms with Crippen molar-refractivity contribution in [1.82, 2.24) is 9.47 Å². The van der Waals surface area contributed by atoms with Crippen LogP contribution in [0.1, 0.15) is 28.4 Å². The van der Waals surface area contributed by atoms with Crippen LogP contribution in [0.3, 0.4) is 0 Å². The molecule has 3 N–H and O–H groups in total. The quantitative estimate of drug-likeness (QED) is 0.874. The second kappa shape index (κ2) is 5.96. The van der Waals surface area contributed by atoms with Crippen molar-refractivity contribution in [2.75, 3.05) is 20.3 Å². The van der Waals surface area contributed by atoms with Crippen LogP contribution >= 0.6 is 0 Å². The number of rotatable bonds is 5. The summed E-state index contributed by atoms with van der Waals surface area (Å²) in [7, 11) is 3.67. The zero-order valence-corrected chi connectivity index (χ0v) is 13.8. The summed E-state index contributed by atoms with van der Waals surface area (Å²) in [6.45, 7) is 5.29. The number of benzene rings is 1. The molecule has 0 saturated heterocycles. The van der Waals surface area contributed by atoms with Crippen molar-refractivity contribution in [3.05, 3.63) is 34.5 Å². The van der Waals surface area contributed by atoms with Gasteiger partial charge >= 0.3 is 5.97 Å². The Kier molecular flexibility index (Phi) is 4.14. The Hall–Kier alpha value is -1.89. The molecule has 0 spiro atoms. The predicted octanol–water partition coefficient (Wildman–Crippen LogP) is 1.53. The van der Waals surface area contributed by atoms with E-state index in [0.717, 1.165) is 36.2 Å². The maximum Gasteiger partial charge on any atom is 0.325 e. The normalized spacial score (nSPS) is 16.0. The number of ether oxygens (including phenoxy) is 1. The second-order valence-corrected chi connectivity index (χ2v) is 6.22. The first-order valence-corrected chi connectivity index (χ1v) is 7.74. The summed E-state index contributed by atoms with van der Waals surface area (Å²) in [5, 5.41) is 10.3. The van der Waals surface area contributed by atoms with Gasteiger partial charge in [-0.2, -0.15) is 0 Å². The number of aromatic nitrogens is 1. The van der Waals surface area contributed by atoms with Crippen LogP contribution in [0.5, 0.6) is 0 Å². The number of nitrogens with zero attached hydrogens (tertiary/aromatic N) is 2. The lowest BCUT2D eigenvalue weighted by atomic mass is 10.0. The molecule has 0 amide bonds. The van der Waals surface area contributed by atoms with Crippen LogP contribution in [0.15, 0.2) is 12.1 Å². The van der Waals surface area contributed by atoms with E-state index in [-0.39, 0.29) is 0 Å². The minimum Gasteiger partial charge on any atom is -0.480 e. The lowest BCUT2D eigenvalue weighted by Crippen LogP contribution is -2.21. The molecule has 0 fully saturated rings. The van der Waals surface area contributed by atoms with Gasteiger partial charge in [0.25, 0.3) is 0 Å². The van der Waals surface area contributed by atoms with E-state index in [1.54, 1.807) is 7.11 Å². The van der Waals surface area contributed by atoms with Gasteiger partial charge in [-0.05, 0) is 30.2 Å². The summed E-state index contributed by atoms with van der Waals surface area (Å²) in [4.78, 5) is 13.7. The topological polar surface area (TPSA) is 80.7 Å². The second-order valence-electron chi connectivity index (χ2n) is 6.22. The fourth-order valence-electron chi connectivity index (χ4n) is 3.45. The summed E-state index contributed by atoms with van der Waals surface area (Å²) < 4.78 is 7.18. The number of fused-ring (bicyclic) bond motifs is 2. The molecule has 1 aliphatic rings. The highest BCUT2D eigenvalue weighted by Crippen LogP contribution is 2.34. The van der Waals surface area contributed by atoms with Gasteiger partial charge in [0.1, 0.15) is 6.04 Å². The summed E-state index contributed by atoms with van der Waals surface area (Å²) in [5.74, 6) is -0.997. The molecule has 1 aromatic heterocycles. The maximum atomic E-state index is 11.4. The number of aryl methyl sites for hydroxylation is 1. The Morgan fingerprint density at radius 2 is 2.04 bits per heavy atom. The van der Waals surface area contributed by atoms with E-state index < -0.39 is 12.0 Å². The van der Waals surface area contributed by atoms with Gasteiger partial charge in [0.2, 0.25) is 0 Å². The molecule has 3 rings (SSSR count). The SMILES string of the molecule is COCCN1Cc2cc3c(C(N)C(=O)O)c(C)n(C)c3cc2C1. The van der Waals surface area contributed by atoms with Gasteiger partial charge in [0.15, 0.2) is 0 Å². The number of carbonyl (C=O) groups is 1. The van der Waals surface area contributed by atoms with E-state index in [1.165, 1.54) is 11.1 Å². The molecule has 0 bridgehead atoms. The minimum atomic E-state index is -0.997. The van der Waals surface area contributed by atoms with E-state index in [1.807, 2.05) is 18.5 Å². The molecule has 6 heteroatoms. The van der Waals surface area contributed by atoms with Crippen LogP contribution < -0.4 is 5.73 Å². The average Bonchev–Trinajstić information content (AvgIpc) is 3.02. The molecular weight excluding hydrogens is 294 g/mol. The van der Waals surface area contributed by atoms with Crippen LogP contribution in [0.4, 0.5) is 0 Å². The van der Waals surface area contributed by atoms with E-state index in [9.17, 15) is 9.90 Å². The average molecular weight is 317 g/mol. The number of hydrogen-bond acceptors (Lipinski definition) is 4. The molecule has 1 atom stereocenters. The number of carboxylic acid groups (broad SMARTS) is 1. The Balaban J connectivity index is 2.06. The van der Waals surface area contributed by atoms with Gasteiger partial charge in [-0.1, -0.05) is 0 Å². The van der Waals surface area contributed by atoms with Crippen molar-refractivity contribution >= 4 is 16.9 Å². The molecule has 0 radical (unpaired) electrons. The monoisotopic (exact) mass is 317 g/mol. The fraction of sp³-hybridized carbons (Fsp3) is 0.471. The molecule has 6 nitrogen and oxygen atoms in total. The maximum absolute atomic E-state index is 11.4. The molecule has 1 aliphatic heterocycles. The predicted molar refractivity (Wildman–Crippen MR) is 88.2 cm³/mol. The van der Waals surface area contributed by atoms with Crippen LogP contribution in [-0.2, 0) is 29.7 Å². The first kappa shape index (κ1) is 16.0. The van der Waals surface area contributed by atoms with Crippen molar-refractivity contribution in [2.24, 2.45) is 12.8 Å². The highest BCUT2D eigenvalue weighted by Gasteiger charge is 2.26. The first-order valence-electron chi connectivity index (χ1n) is 7.74. The van der Waals surface area contributed by atoms with Gasteiger partial charge in [-0.25, -0.2) is 0 Å². The Morgan fingerprint density at radius 3 is 2.65 bits per heavy atom. The summed E-state index contributed by atoms with van der Waals surface area (Å²) >= 11 is 0. The number of nitrogens with two attached hydrogens (primary N) is 1. The molecule has 124 valence electrons. The highest BCUT2D eigenvalue weighted by molar-refractivity contribution is 5.92. The molecular formula is C17H23N3O3. The summed E-state index contributed by atoms with van der Waals surface area (Å²) in [6, 6.07) is 3.29. The van der Waals surface area contributed by atoms with Crippen LogP contribution in [0.2, 0.25) is 0 Å². The van der Waals surface area contributed by atoms with Gasteiger partial charge in [-0.3, -0.25) is 9.69 Å². The Labute approximate surface area is 135 Å². The molecule has 2 heterocycles. The molecule has 0 aliphatic carbocycles. The molecule has 23 heavy (non-hydrogen) atoms. The van der Waals surface area contributed by atoms with Crippen LogP contribution in [0.25, 0.3) is 10.9 Å². The van der Waals surface area contributed by atoms with Gasteiger partial charge in [0, 0.05) is 56.0 Å². The smallest absolute Gasteiger partial charge is 0.325 e. The summed E-state index contributed by atoms with van der Waals surface area (Å²) in [5.41, 5.74) is 11.1. The van der Waals surface area contributed by atoms with E-state index in [4.69, 9.17) is 10.5 Å². The van der Waals surface area contributed by atoms with Crippen molar-refractivity contribution in [2.45, 2.75) is 26.1 Å². The number of hydrogen-bond donors (Lipinski definition) is 2. The van der Waals surface area contributed by atoms with E-state index in [0.29, 0.717) is 12.2 Å². The highest BCUT2D eigenvalue weighted by atomic mass is 16.5. The zero-order valence-electron chi connectivity index (χ0n) is 13.8. The zero-order chi connectivity index (χ0) is 16.7. The lowest BCUT2D eigenvalue weighted by molar-refractivity contribution is -0.138. The van der Waals surface area contributed by atoms with Crippen LogP contribution in [-0.4, -0.2) is 40.8 Å². The molecule has 1 unspecified atom stereocenters. The van der Waals surface area contributed by atoms with Crippen LogP contribution in [0, 0.1) is 6.92 Å². The molecule has 0 saturated carbocycles. The Bertz CT molecular complexity index is 766. The van der Waals surface area contributed by atoms with Crippen molar-refractivity contribution in [1.29, 1.82) is 0 Å². The minimum absolute atomic E-state index is 0.710. The first-order chi connectivity index (χ1) is 10.9. The molecule has 2 aromatic rings. The number of aliphatic carboxylic acids is 1. The van der Waals surface area contributed by atoms with Crippen molar-refractivity contribution in [3.8, 4) is 0 Å². The van der Waals surface area contributed by atoms with Crippen molar-refractivity contribution < 1.29 is 14.6 Å². The number of methoxy groups -OCH3 is 1. The third kappa shape index (κ3) is 2.63. The Morgan fingerprint density at radius 1 is 1.39 bits per heavy atom. The van der Waals surface area contributed by atoms with E-state index >= 15 is 0 Å².